The van der Waals surface area contributed by atoms with Crippen molar-refractivity contribution in [2.75, 3.05) is 0 Å². The molecule has 0 amide bonds. The number of pyridine rings is 9. The minimum absolute atomic E-state index is 0.110. The molecule has 0 aromatic carbocycles. The van der Waals surface area contributed by atoms with E-state index in [1.807, 2.05) is 246 Å². The average molecular weight is 1720 g/mol. The maximum absolute atomic E-state index is 11.7. The Balaban J connectivity index is 0.000000149. The van der Waals surface area contributed by atoms with E-state index in [0.717, 1.165) is 121 Å². The second-order valence-corrected chi connectivity index (χ2v) is 33.1. The number of aryl methyl sites for hydroxylation is 6. The highest BCUT2D eigenvalue weighted by Gasteiger charge is 2.23. The van der Waals surface area contributed by atoms with E-state index in [4.69, 9.17) is 19.8 Å². The summed E-state index contributed by atoms with van der Waals surface area (Å²) in [5, 5.41) is 40.9. The summed E-state index contributed by atoms with van der Waals surface area (Å²) in [6, 6.07) is 65.4. The van der Waals surface area contributed by atoms with Gasteiger partial charge in [0.1, 0.15) is 29.4 Å². The van der Waals surface area contributed by atoms with Gasteiger partial charge in [-0.15, -0.1) is 22.7 Å². The van der Waals surface area contributed by atoms with Crippen molar-refractivity contribution in [3.05, 3.63) is 383 Å². The maximum Gasteiger partial charge on any atom is 0.229 e. The number of ether oxygens (including phenoxy) is 1. The number of nitrogens with one attached hydrogen (secondary N) is 2. The molecule has 27 nitrogen and oxygen atoms in total. The molecular formula is C97H109N25O2S2. The predicted octanol–water partition coefficient (Wildman–Crippen LogP) is 20.0. The molecule has 0 unspecified atom stereocenters. The van der Waals surface area contributed by atoms with Crippen LogP contribution in [0.2, 0.25) is 0 Å². The Hall–Kier alpha value is -14.5. The molecule has 0 radical (unpaired) electrons. The molecule has 0 aliphatic carbocycles. The van der Waals surface area contributed by atoms with Crippen molar-refractivity contribution in [3.63, 3.8) is 0 Å². The molecule has 0 saturated heterocycles. The third-order valence-electron chi connectivity index (χ3n) is 18.0. The maximum atomic E-state index is 11.7. The first-order chi connectivity index (χ1) is 60.7. The highest BCUT2D eigenvalue weighted by atomic mass is 32.1. The second kappa shape index (κ2) is 47.8. The standard InChI is InChI=1S/C15H21N3.C14H20N2S2.C13H14N2.C12H12N2O.C11H8N2O.C11H10N2.C8H10N4.C7H8N4.C6H6N4/c1-11(2)14-9-15(12(3)4)18(17-14)10-13-7-5-6-8-16-13;1-13(2,3)9-7-17-11(15-9)12-16-10(8-18-12)14(4,5)6;1-10-5-3-7-12(14-10)9-13-8-4-6-11(2)15-13;1-9-5-3-7-11(13-9)15-12-8-4-6-10(2)14-12;14-11(9-5-1-3-7-12-9)10-6-2-4-8-13-10;1-3-7-12-10(5-1)9-11-6-2-4-8-13-11;1-11-5-3-7(9-11)8-4-6-12(2)10-8;1-3-8-10(5-1)7-11-6-2-4-9-11;1-3-7-9-5(1)6-2-4-8-10-6/h5-9,11-12H,10H2,1-4H3;7-8H,1-6H3;3-8H,9H2,1-2H3;3-8H,1-2H3;1-8H;1-8H,9H2;3-6H,1-2H3;1-6H,7H2;1-4H,(H,7,9)(H,8,10). The topological polar surface area (TPSA) is 315 Å². The number of aromatic nitrogens is 25. The molecular weight excluding hydrogens is 1610 g/mol. The van der Waals surface area contributed by atoms with Crippen molar-refractivity contribution in [1.29, 1.82) is 0 Å². The van der Waals surface area contributed by atoms with Gasteiger partial charge in [-0.05, 0) is 179 Å². The van der Waals surface area contributed by atoms with Crippen LogP contribution >= 0.6 is 22.7 Å². The largest absolute Gasteiger partial charge is 0.421 e. The number of ketones is 1. The first-order valence-corrected chi connectivity index (χ1v) is 42.9. The van der Waals surface area contributed by atoms with E-state index < -0.39 is 0 Å². The smallest absolute Gasteiger partial charge is 0.229 e. The molecule has 0 atom stereocenters. The summed E-state index contributed by atoms with van der Waals surface area (Å²) in [5.74, 6) is 1.95. The van der Waals surface area contributed by atoms with Crippen molar-refractivity contribution < 1.29 is 9.53 Å². The molecule has 0 aliphatic rings. The Labute approximate surface area is 744 Å². The molecule has 0 spiro atoms. The third kappa shape index (κ3) is 31.8. The van der Waals surface area contributed by atoms with Crippen LogP contribution in [0.1, 0.15) is 171 Å². The quantitative estimate of drug-likeness (QED) is 0.0800. The number of thiazole rings is 2. The van der Waals surface area contributed by atoms with Crippen LogP contribution in [0.5, 0.6) is 11.8 Å². The lowest BCUT2D eigenvalue weighted by Gasteiger charge is -2.14. The minimum Gasteiger partial charge on any atom is -0.421 e. The number of carbonyl (C=O) groups excluding carboxylic acids is 1. The zero-order valence-corrected chi connectivity index (χ0v) is 75.8. The SMILES string of the molecule is CC(C)(C)c1csc(-c2nc(C(C)(C)C)cs2)n1.CC(C)c1cc(C(C)C)n(Cc2ccccn2)n1.Cc1cccc(Cc2cccc(C)n2)n1.Cc1cccc(Oc2cccc(C)n2)n1.Cn1ccc(-c2ccn(C)n2)n1.O=C(c1ccccn1)c1ccccn1.c1cc(-c2ccn[nH]2)[nH]n1.c1ccc(Cc2ccccn2)nc1.c1cnn(Cn2cccn2)c1. The lowest BCUT2D eigenvalue weighted by atomic mass is 9.93. The van der Waals surface area contributed by atoms with Gasteiger partial charge in [-0.2, -0.15) is 35.7 Å². The highest BCUT2D eigenvalue weighted by Crippen LogP contribution is 2.34. The fraction of sp³-hybridized carbons (Fsp3) is 0.247. The number of rotatable bonds is 17. The van der Waals surface area contributed by atoms with Crippen LogP contribution in [0, 0.1) is 27.7 Å². The Morgan fingerprint density at radius 2 is 0.810 bits per heavy atom. The molecule has 2 N–H and O–H groups in total. The van der Waals surface area contributed by atoms with Crippen molar-refractivity contribution in [2.24, 2.45) is 14.1 Å². The van der Waals surface area contributed by atoms with Crippen molar-refractivity contribution in [3.8, 4) is 44.6 Å². The Morgan fingerprint density at radius 1 is 0.405 bits per heavy atom. The number of aromatic amines is 2. The third-order valence-corrected chi connectivity index (χ3v) is 19.8. The monoisotopic (exact) mass is 1720 g/mol. The molecule has 18 heterocycles. The zero-order chi connectivity index (χ0) is 89.6. The zero-order valence-electron chi connectivity index (χ0n) is 74.2. The molecule has 29 heteroatoms. The molecule has 18 aromatic rings. The van der Waals surface area contributed by atoms with Gasteiger partial charge in [-0.25, -0.2) is 19.9 Å². The van der Waals surface area contributed by atoms with Crippen LogP contribution in [0.4, 0.5) is 0 Å². The predicted molar refractivity (Wildman–Crippen MR) is 498 cm³/mol. The highest BCUT2D eigenvalue weighted by molar-refractivity contribution is 7.19. The van der Waals surface area contributed by atoms with Crippen molar-refractivity contribution in [1.82, 2.24) is 124 Å². The molecule has 646 valence electrons. The van der Waals surface area contributed by atoms with Gasteiger partial charge in [0.25, 0.3) is 0 Å². The summed E-state index contributed by atoms with van der Waals surface area (Å²) in [6.45, 7) is 31.2. The van der Waals surface area contributed by atoms with Gasteiger partial charge in [0, 0.05) is 192 Å². The number of carbonyl (C=O) groups is 1. The molecule has 0 saturated carbocycles. The van der Waals surface area contributed by atoms with E-state index >= 15 is 0 Å². The molecule has 0 aliphatic heterocycles. The molecule has 18 aromatic heterocycles. The number of hydrogen-bond acceptors (Lipinski definition) is 22. The molecule has 0 bridgehead atoms. The summed E-state index contributed by atoms with van der Waals surface area (Å²) in [4.78, 5) is 59.3. The van der Waals surface area contributed by atoms with Crippen LogP contribution in [0.15, 0.2) is 298 Å². The Kier molecular flexibility index (Phi) is 35.6. The summed E-state index contributed by atoms with van der Waals surface area (Å²) < 4.78 is 14.8. The Morgan fingerprint density at radius 3 is 1.14 bits per heavy atom. The normalized spacial score (nSPS) is 10.7. The van der Waals surface area contributed by atoms with Gasteiger partial charge in [0.05, 0.1) is 40.7 Å². The summed E-state index contributed by atoms with van der Waals surface area (Å²) in [5.41, 5.74) is 18.8. The lowest BCUT2D eigenvalue weighted by molar-refractivity contribution is 0.102. The van der Waals surface area contributed by atoms with Crippen LogP contribution in [0.3, 0.4) is 0 Å². The molecule has 0 fully saturated rings. The summed E-state index contributed by atoms with van der Waals surface area (Å²) in [7, 11) is 3.79. The van der Waals surface area contributed by atoms with Crippen LogP contribution in [-0.2, 0) is 51.0 Å². The van der Waals surface area contributed by atoms with E-state index in [-0.39, 0.29) is 16.6 Å². The van der Waals surface area contributed by atoms with E-state index in [9.17, 15) is 4.79 Å². The van der Waals surface area contributed by atoms with E-state index in [1.165, 1.54) is 5.69 Å². The average Bonchev–Trinajstić information content (AvgIpc) is 1.67. The van der Waals surface area contributed by atoms with Crippen LogP contribution < -0.4 is 4.74 Å². The molecule has 126 heavy (non-hydrogen) atoms. The number of nitrogens with zero attached hydrogens (tertiary/aromatic N) is 23. The first-order valence-electron chi connectivity index (χ1n) is 41.1. The van der Waals surface area contributed by atoms with Crippen molar-refractivity contribution in [2.45, 2.75) is 146 Å². The van der Waals surface area contributed by atoms with Crippen molar-refractivity contribution >= 4 is 28.5 Å². The number of H-pyrrole nitrogens is 2. The van der Waals surface area contributed by atoms with Gasteiger partial charge in [0.2, 0.25) is 17.5 Å². The number of hydrogen-bond donors (Lipinski definition) is 2. The fourth-order valence-electron chi connectivity index (χ4n) is 11.4. The second-order valence-electron chi connectivity index (χ2n) is 31.4. The van der Waals surface area contributed by atoms with Gasteiger partial charge in [-0.3, -0.25) is 73.3 Å². The lowest BCUT2D eigenvalue weighted by Crippen LogP contribution is -2.11. The van der Waals surface area contributed by atoms with Gasteiger partial charge >= 0.3 is 0 Å². The summed E-state index contributed by atoms with van der Waals surface area (Å²) in [6.07, 6.45) is 24.8. The van der Waals surface area contributed by atoms with E-state index in [1.54, 1.807) is 118 Å². The first kappa shape index (κ1) is 93.8. The van der Waals surface area contributed by atoms with Gasteiger partial charge < -0.3 is 4.74 Å². The molecule has 18 rings (SSSR count). The van der Waals surface area contributed by atoms with E-state index in [0.29, 0.717) is 41.7 Å². The van der Waals surface area contributed by atoms with Gasteiger partial charge in [0.15, 0.2) is 10.0 Å². The fourth-order valence-corrected chi connectivity index (χ4v) is 13.5. The van der Waals surface area contributed by atoms with E-state index in [2.05, 4.69) is 176 Å². The van der Waals surface area contributed by atoms with Crippen LogP contribution in [0.25, 0.3) is 32.8 Å². The van der Waals surface area contributed by atoms with Gasteiger partial charge in [-0.1, -0.05) is 124 Å². The Bertz CT molecular complexity index is 5670. The summed E-state index contributed by atoms with van der Waals surface area (Å²) >= 11 is 3.38. The minimum atomic E-state index is -0.147. The van der Waals surface area contributed by atoms with Crippen LogP contribution in [-0.4, -0.2) is 130 Å².